The molecule has 0 aliphatic carbocycles. The first-order valence-corrected chi connectivity index (χ1v) is 7.26. The first-order valence-electron chi connectivity index (χ1n) is 7.26. The van der Waals surface area contributed by atoms with E-state index in [2.05, 4.69) is 17.0 Å². The van der Waals surface area contributed by atoms with Gasteiger partial charge in [-0.05, 0) is 25.5 Å². The lowest BCUT2D eigenvalue weighted by Gasteiger charge is -2.31. The molecule has 0 saturated carbocycles. The lowest BCUT2D eigenvalue weighted by molar-refractivity contribution is 0.0285. The van der Waals surface area contributed by atoms with Gasteiger partial charge in [-0.1, -0.05) is 18.2 Å². The number of ether oxygens (including phenoxy) is 1. The normalized spacial score (nSPS) is 20.6. The number of piperidine rings is 1. The van der Waals surface area contributed by atoms with Crippen molar-refractivity contribution < 1.29 is 9.15 Å². The molecule has 108 valence electrons. The van der Waals surface area contributed by atoms with Crippen LogP contribution in [0, 0.1) is 0 Å². The number of para-hydroxylation sites is 1. The van der Waals surface area contributed by atoms with Gasteiger partial charge in [-0.3, -0.25) is 4.90 Å². The van der Waals surface area contributed by atoms with Gasteiger partial charge >= 0.3 is 0 Å². The molecule has 2 heterocycles. The molecule has 4 heteroatoms. The highest BCUT2D eigenvalue weighted by atomic mass is 16.5. The molecule has 0 radical (unpaired) electrons. The molecule has 0 bridgehead atoms. The predicted octanol–water partition coefficient (Wildman–Crippen LogP) is 2.50. The van der Waals surface area contributed by atoms with Gasteiger partial charge in [0.15, 0.2) is 0 Å². The van der Waals surface area contributed by atoms with Crippen LogP contribution in [0.3, 0.4) is 0 Å². The maximum absolute atomic E-state index is 5.86. The van der Waals surface area contributed by atoms with E-state index in [0.29, 0.717) is 12.6 Å². The van der Waals surface area contributed by atoms with E-state index < -0.39 is 0 Å². The molecule has 2 aromatic rings. The summed E-state index contributed by atoms with van der Waals surface area (Å²) in [5.74, 6) is 0.908. The van der Waals surface area contributed by atoms with Gasteiger partial charge in [-0.2, -0.15) is 0 Å². The Morgan fingerprint density at radius 1 is 1.40 bits per heavy atom. The number of hydrogen-bond acceptors (Lipinski definition) is 4. The average Bonchev–Trinajstić information content (AvgIpc) is 2.85. The molecule has 4 nitrogen and oxygen atoms in total. The van der Waals surface area contributed by atoms with E-state index in [1.165, 1.54) is 17.4 Å². The largest absolute Gasteiger partial charge is 0.459 e. The van der Waals surface area contributed by atoms with Crippen molar-refractivity contribution in [3.63, 3.8) is 0 Å². The van der Waals surface area contributed by atoms with E-state index in [4.69, 9.17) is 14.9 Å². The van der Waals surface area contributed by atoms with Gasteiger partial charge in [0.2, 0.25) is 0 Å². The summed E-state index contributed by atoms with van der Waals surface area (Å²) in [5.41, 5.74) is 8.01. The molecule has 3 rings (SSSR count). The lowest BCUT2D eigenvalue weighted by atomic mass is 10.1. The van der Waals surface area contributed by atoms with Crippen molar-refractivity contribution in [1.82, 2.24) is 4.90 Å². The third-order valence-electron chi connectivity index (χ3n) is 4.14. The number of hydrogen-bond donors (Lipinski definition) is 1. The molecule has 1 saturated heterocycles. The van der Waals surface area contributed by atoms with Crippen molar-refractivity contribution in [1.29, 1.82) is 0 Å². The molecule has 0 spiro atoms. The summed E-state index contributed by atoms with van der Waals surface area (Å²) in [7, 11) is 1.80. The Labute approximate surface area is 119 Å². The van der Waals surface area contributed by atoms with Crippen LogP contribution in [-0.4, -0.2) is 31.2 Å². The van der Waals surface area contributed by atoms with Gasteiger partial charge in [0.25, 0.3) is 0 Å². The van der Waals surface area contributed by atoms with Crippen LogP contribution >= 0.6 is 0 Å². The molecule has 1 aromatic heterocycles. The number of furan rings is 1. The van der Waals surface area contributed by atoms with Crippen molar-refractivity contribution >= 4 is 11.0 Å². The highest BCUT2D eigenvalue weighted by molar-refractivity contribution is 5.82. The summed E-state index contributed by atoms with van der Waals surface area (Å²) < 4.78 is 11.4. The fraction of sp³-hybridized carbons (Fsp3) is 0.500. The number of fused-ring (bicyclic) bond motifs is 1. The highest BCUT2D eigenvalue weighted by Gasteiger charge is 2.22. The van der Waals surface area contributed by atoms with Gasteiger partial charge < -0.3 is 14.9 Å². The third kappa shape index (κ3) is 2.59. The minimum absolute atomic E-state index is 0.350. The second-order valence-electron chi connectivity index (χ2n) is 5.44. The third-order valence-corrected chi connectivity index (χ3v) is 4.14. The van der Waals surface area contributed by atoms with Crippen LogP contribution in [-0.2, 0) is 17.8 Å². The Morgan fingerprint density at radius 2 is 2.25 bits per heavy atom. The smallest absolute Gasteiger partial charge is 0.134 e. The van der Waals surface area contributed by atoms with Crippen molar-refractivity contribution in [3.05, 3.63) is 35.6 Å². The number of rotatable bonds is 4. The molecule has 2 N–H and O–H groups in total. The maximum atomic E-state index is 5.86. The predicted molar refractivity (Wildman–Crippen MR) is 79.4 cm³/mol. The molecule has 1 aliphatic heterocycles. The van der Waals surface area contributed by atoms with Gasteiger partial charge in [-0.15, -0.1) is 0 Å². The Bertz CT molecular complexity index is 579. The molecule has 1 aromatic carbocycles. The Kier molecular flexibility index (Phi) is 4.05. The van der Waals surface area contributed by atoms with Crippen LogP contribution < -0.4 is 5.73 Å². The minimum Gasteiger partial charge on any atom is -0.459 e. The van der Waals surface area contributed by atoms with Crippen LogP contribution in [0.4, 0.5) is 0 Å². The van der Waals surface area contributed by atoms with Crippen LogP contribution in [0.1, 0.15) is 24.2 Å². The van der Waals surface area contributed by atoms with E-state index in [-0.39, 0.29) is 0 Å². The van der Waals surface area contributed by atoms with Gasteiger partial charge in [0.05, 0.1) is 12.6 Å². The van der Waals surface area contributed by atoms with Crippen molar-refractivity contribution in [2.24, 2.45) is 5.73 Å². The van der Waals surface area contributed by atoms with Crippen LogP contribution in [0.5, 0.6) is 0 Å². The first-order chi connectivity index (χ1) is 9.81. The van der Waals surface area contributed by atoms with E-state index in [1.807, 2.05) is 12.1 Å². The zero-order valence-corrected chi connectivity index (χ0v) is 12.0. The Hall–Kier alpha value is -1.36. The van der Waals surface area contributed by atoms with Crippen molar-refractivity contribution in [3.8, 4) is 0 Å². The van der Waals surface area contributed by atoms with E-state index in [1.54, 1.807) is 7.11 Å². The summed E-state index contributed by atoms with van der Waals surface area (Å²) in [6, 6.07) is 8.17. The average molecular weight is 274 g/mol. The number of likely N-dealkylation sites (tertiary alicyclic amines) is 1. The molecular weight excluding hydrogens is 252 g/mol. The van der Waals surface area contributed by atoms with E-state index in [0.717, 1.165) is 37.4 Å². The quantitative estimate of drug-likeness (QED) is 0.930. The standard InChI is InChI=1S/C16H22N2O2/c1-19-12-5-4-8-18(10-12)11-14-13-6-2-3-7-15(13)20-16(14)9-17/h2-3,6-7,12H,4-5,8-11,17H2,1H3. The molecule has 0 amide bonds. The zero-order valence-electron chi connectivity index (χ0n) is 12.0. The maximum Gasteiger partial charge on any atom is 0.134 e. The second-order valence-corrected chi connectivity index (χ2v) is 5.44. The fourth-order valence-electron chi connectivity index (χ4n) is 3.06. The Morgan fingerprint density at radius 3 is 3.05 bits per heavy atom. The van der Waals surface area contributed by atoms with E-state index >= 15 is 0 Å². The topological polar surface area (TPSA) is 51.6 Å². The van der Waals surface area contributed by atoms with Crippen molar-refractivity contribution in [2.75, 3.05) is 20.2 Å². The van der Waals surface area contributed by atoms with Gasteiger partial charge in [-0.25, -0.2) is 0 Å². The summed E-state index contributed by atoms with van der Waals surface area (Å²) in [6.07, 6.45) is 2.69. The molecule has 1 unspecified atom stereocenters. The summed E-state index contributed by atoms with van der Waals surface area (Å²) in [5, 5.41) is 1.19. The number of benzene rings is 1. The summed E-state index contributed by atoms with van der Waals surface area (Å²) >= 11 is 0. The lowest BCUT2D eigenvalue weighted by Crippen LogP contribution is -2.38. The monoisotopic (exact) mass is 274 g/mol. The fourth-order valence-corrected chi connectivity index (χ4v) is 3.06. The number of nitrogens with two attached hydrogens (primary N) is 1. The number of methoxy groups -OCH3 is 1. The minimum atomic E-state index is 0.350. The molecule has 1 atom stereocenters. The van der Waals surface area contributed by atoms with Gasteiger partial charge in [0.1, 0.15) is 11.3 Å². The van der Waals surface area contributed by atoms with E-state index in [9.17, 15) is 0 Å². The molecule has 1 fully saturated rings. The second kappa shape index (κ2) is 5.95. The summed E-state index contributed by atoms with van der Waals surface area (Å²) in [4.78, 5) is 2.44. The van der Waals surface area contributed by atoms with Crippen LogP contribution in [0.25, 0.3) is 11.0 Å². The first kappa shape index (κ1) is 13.6. The highest BCUT2D eigenvalue weighted by Crippen LogP contribution is 2.28. The molecule has 20 heavy (non-hydrogen) atoms. The van der Waals surface area contributed by atoms with Crippen LogP contribution in [0.15, 0.2) is 28.7 Å². The van der Waals surface area contributed by atoms with Gasteiger partial charge in [0, 0.05) is 31.1 Å². The SMILES string of the molecule is COC1CCCN(Cc2c(CN)oc3ccccc23)C1. The number of nitrogens with zero attached hydrogens (tertiary/aromatic N) is 1. The van der Waals surface area contributed by atoms with Crippen LogP contribution in [0.2, 0.25) is 0 Å². The Balaban J connectivity index is 1.86. The van der Waals surface area contributed by atoms with Crippen molar-refractivity contribution in [2.45, 2.75) is 32.0 Å². The summed E-state index contributed by atoms with van der Waals surface area (Å²) in [6.45, 7) is 3.44. The zero-order chi connectivity index (χ0) is 13.9. The molecule has 1 aliphatic rings. The molecular formula is C16H22N2O2.